The fraction of sp³-hybridized carbons (Fsp3) is 0.500. The average Bonchev–Trinajstić information content (AvgIpc) is 2.68. The molecule has 1 aromatic carbocycles. The van der Waals surface area contributed by atoms with Gasteiger partial charge < -0.3 is 14.4 Å². The highest BCUT2D eigenvalue weighted by Gasteiger charge is 2.31. The molecule has 1 aromatic heterocycles. The number of para-hydroxylation sites is 2. The summed E-state index contributed by atoms with van der Waals surface area (Å²) in [7, 11) is 1.53. The smallest absolute Gasteiger partial charge is 0.329 e. The van der Waals surface area contributed by atoms with Crippen molar-refractivity contribution < 1.29 is 14.3 Å². The average molecular weight is 368 g/mol. The van der Waals surface area contributed by atoms with Crippen LogP contribution in [0.4, 0.5) is 5.82 Å². The molecule has 0 aliphatic carbocycles. The number of carbonyl (C=O) groups is 1. The van der Waals surface area contributed by atoms with Crippen LogP contribution in [0.3, 0.4) is 0 Å². The second kappa shape index (κ2) is 8.78. The van der Waals surface area contributed by atoms with Crippen LogP contribution >= 0.6 is 0 Å². The summed E-state index contributed by atoms with van der Waals surface area (Å²) < 4.78 is 10.1. The highest BCUT2D eigenvalue weighted by atomic mass is 16.6. The van der Waals surface area contributed by atoms with E-state index in [1.165, 1.54) is 7.11 Å². The molecule has 0 radical (unpaired) electrons. The molecule has 27 heavy (non-hydrogen) atoms. The number of fused-ring (bicyclic) bond motifs is 1. The molecule has 1 aliphatic heterocycles. The standard InChI is InChI=1S/C20H24N4O3/c1-14-6-5-9-24(13-14)19-18(15(12-21)20(25)27-11-10-26-2)22-16-7-3-4-8-17(16)23-19/h3-4,7-8,14-15H,5-6,9-11,13H2,1-2H3/t14-,15+/m0/s1. The second-order valence-corrected chi connectivity index (χ2v) is 6.84. The number of nitriles is 1. The normalized spacial score (nSPS) is 18.1. The third-order valence-corrected chi connectivity index (χ3v) is 4.70. The Labute approximate surface area is 158 Å². The Morgan fingerprint density at radius 1 is 1.33 bits per heavy atom. The van der Waals surface area contributed by atoms with E-state index in [1.807, 2.05) is 24.3 Å². The molecular formula is C20H24N4O3. The van der Waals surface area contributed by atoms with Gasteiger partial charge in [0.05, 0.1) is 23.7 Å². The molecule has 3 rings (SSSR count). The maximum Gasteiger partial charge on any atom is 0.329 e. The van der Waals surface area contributed by atoms with Crippen molar-refractivity contribution in [1.29, 1.82) is 5.26 Å². The summed E-state index contributed by atoms with van der Waals surface area (Å²) in [5, 5.41) is 9.68. The number of carbonyl (C=O) groups excluding carboxylic acids is 1. The van der Waals surface area contributed by atoms with Gasteiger partial charge in [-0.1, -0.05) is 19.1 Å². The first kappa shape index (κ1) is 19.1. The lowest BCUT2D eigenvalue weighted by atomic mass is 9.99. The van der Waals surface area contributed by atoms with Gasteiger partial charge in [-0.05, 0) is 30.9 Å². The third-order valence-electron chi connectivity index (χ3n) is 4.70. The van der Waals surface area contributed by atoms with Crippen LogP contribution in [0.2, 0.25) is 0 Å². The molecule has 2 aromatic rings. The molecule has 2 atom stereocenters. The van der Waals surface area contributed by atoms with E-state index in [4.69, 9.17) is 14.5 Å². The Morgan fingerprint density at radius 2 is 2.07 bits per heavy atom. The van der Waals surface area contributed by atoms with Gasteiger partial charge in [0.15, 0.2) is 11.7 Å². The fourth-order valence-electron chi connectivity index (χ4n) is 3.35. The van der Waals surface area contributed by atoms with Gasteiger partial charge in [-0.25, -0.2) is 9.97 Å². The van der Waals surface area contributed by atoms with Crippen LogP contribution in [0.25, 0.3) is 11.0 Å². The maximum atomic E-state index is 12.5. The van der Waals surface area contributed by atoms with Gasteiger partial charge >= 0.3 is 5.97 Å². The summed E-state index contributed by atoms with van der Waals surface area (Å²) in [5.74, 6) is -0.610. The number of anilines is 1. The summed E-state index contributed by atoms with van der Waals surface area (Å²) >= 11 is 0. The summed E-state index contributed by atoms with van der Waals surface area (Å²) in [6, 6.07) is 9.54. The number of benzene rings is 1. The molecule has 0 saturated carbocycles. The molecule has 1 saturated heterocycles. The number of rotatable bonds is 6. The second-order valence-electron chi connectivity index (χ2n) is 6.84. The lowest BCUT2D eigenvalue weighted by Crippen LogP contribution is -2.36. The van der Waals surface area contributed by atoms with Crippen LogP contribution in [-0.2, 0) is 14.3 Å². The van der Waals surface area contributed by atoms with Crippen molar-refractivity contribution in [2.75, 3.05) is 38.3 Å². The van der Waals surface area contributed by atoms with E-state index in [0.717, 1.165) is 31.4 Å². The van der Waals surface area contributed by atoms with Crippen LogP contribution in [-0.4, -0.2) is 49.4 Å². The number of methoxy groups -OCH3 is 1. The highest BCUT2D eigenvalue weighted by Crippen LogP contribution is 2.30. The van der Waals surface area contributed by atoms with Crippen LogP contribution in [0.1, 0.15) is 31.4 Å². The zero-order valence-electron chi connectivity index (χ0n) is 15.7. The molecule has 0 spiro atoms. The predicted octanol–water partition coefficient (Wildman–Crippen LogP) is 2.66. The van der Waals surface area contributed by atoms with Crippen molar-refractivity contribution in [3.05, 3.63) is 30.0 Å². The van der Waals surface area contributed by atoms with Crippen LogP contribution < -0.4 is 4.90 Å². The Hall–Kier alpha value is -2.72. The van der Waals surface area contributed by atoms with Gasteiger partial charge in [-0.15, -0.1) is 0 Å². The minimum Gasteiger partial charge on any atom is -0.462 e. The first-order valence-corrected chi connectivity index (χ1v) is 9.21. The SMILES string of the molecule is COCCOC(=O)[C@H](C#N)c1nc2ccccc2nc1N1CCC[C@H](C)C1. The van der Waals surface area contributed by atoms with Gasteiger partial charge in [0, 0.05) is 20.2 Å². The molecular weight excluding hydrogens is 344 g/mol. The number of hydrogen-bond donors (Lipinski definition) is 0. The monoisotopic (exact) mass is 368 g/mol. The first-order valence-electron chi connectivity index (χ1n) is 9.21. The largest absolute Gasteiger partial charge is 0.462 e. The predicted molar refractivity (Wildman–Crippen MR) is 101 cm³/mol. The van der Waals surface area contributed by atoms with Gasteiger partial charge in [0.1, 0.15) is 12.3 Å². The van der Waals surface area contributed by atoms with Gasteiger partial charge in [0.25, 0.3) is 0 Å². The Bertz CT molecular complexity index is 849. The van der Waals surface area contributed by atoms with E-state index in [0.29, 0.717) is 22.9 Å². The molecule has 1 aliphatic rings. The van der Waals surface area contributed by atoms with Crippen molar-refractivity contribution in [3.63, 3.8) is 0 Å². The molecule has 0 N–H and O–H groups in total. The number of esters is 1. The van der Waals surface area contributed by atoms with Crippen molar-refractivity contribution in [3.8, 4) is 6.07 Å². The Balaban J connectivity index is 2.01. The van der Waals surface area contributed by atoms with Gasteiger partial charge in [-0.2, -0.15) is 5.26 Å². The van der Waals surface area contributed by atoms with E-state index in [2.05, 4.69) is 22.9 Å². The molecule has 0 bridgehead atoms. The number of ether oxygens (including phenoxy) is 2. The zero-order chi connectivity index (χ0) is 19.2. The van der Waals surface area contributed by atoms with Crippen LogP contribution in [0, 0.1) is 17.2 Å². The number of nitrogens with zero attached hydrogens (tertiary/aromatic N) is 4. The van der Waals surface area contributed by atoms with Crippen molar-refractivity contribution in [2.45, 2.75) is 25.7 Å². The molecule has 1 fully saturated rings. The van der Waals surface area contributed by atoms with Gasteiger partial charge in [-0.3, -0.25) is 4.79 Å². The minimum atomic E-state index is -1.12. The van der Waals surface area contributed by atoms with E-state index in [9.17, 15) is 10.1 Å². The molecule has 0 unspecified atom stereocenters. The van der Waals surface area contributed by atoms with Crippen LogP contribution in [0.15, 0.2) is 24.3 Å². The van der Waals surface area contributed by atoms with Crippen molar-refractivity contribution in [2.24, 2.45) is 5.92 Å². The number of hydrogen-bond acceptors (Lipinski definition) is 7. The van der Waals surface area contributed by atoms with Gasteiger partial charge in [0.2, 0.25) is 0 Å². The summed E-state index contributed by atoms with van der Waals surface area (Å²) in [6.45, 7) is 4.24. The van der Waals surface area contributed by atoms with Crippen molar-refractivity contribution in [1.82, 2.24) is 9.97 Å². The molecule has 7 nitrogen and oxygen atoms in total. The Morgan fingerprint density at radius 3 is 2.74 bits per heavy atom. The fourth-order valence-corrected chi connectivity index (χ4v) is 3.35. The van der Waals surface area contributed by atoms with E-state index in [1.54, 1.807) is 0 Å². The first-order chi connectivity index (χ1) is 13.1. The zero-order valence-corrected chi connectivity index (χ0v) is 15.7. The molecule has 2 heterocycles. The van der Waals surface area contributed by atoms with Crippen molar-refractivity contribution >= 4 is 22.8 Å². The van der Waals surface area contributed by atoms with Crippen LogP contribution in [0.5, 0.6) is 0 Å². The Kier molecular flexibility index (Phi) is 6.20. The molecule has 0 amide bonds. The van der Waals surface area contributed by atoms with E-state index >= 15 is 0 Å². The van der Waals surface area contributed by atoms with E-state index in [-0.39, 0.29) is 13.2 Å². The molecule has 7 heteroatoms. The summed E-state index contributed by atoms with van der Waals surface area (Å²) in [6.07, 6.45) is 2.21. The maximum absolute atomic E-state index is 12.5. The minimum absolute atomic E-state index is 0.102. The highest BCUT2D eigenvalue weighted by molar-refractivity contribution is 5.85. The summed E-state index contributed by atoms with van der Waals surface area (Å²) in [5.41, 5.74) is 1.78. The topological polar surface area (TPSA) is 88.3 Å². The molecule has 142 valence electrons. The quantitative estimate of drug-likeness (QED) is 0.572. The van der Waals surface area contributed by atoms with E-state index < -0.39 is 11.9 Å². The number of piperidine rings is 1. The third kappa shape index (κ3) is 4.34. The lowest BCUT2D eigenvalue weighted by Gasteiger charge is -2.33. The summed E-state index contributed by atoms with van der Waals surface area (Å²) in [4.78, 5) is 24.0. The number of aromatic nitrogens is 2. The lowest BCUT2D eigenvalue weighted by molar-refractivity contribution is -0.145.